The highest BCUT2D eigenvalue weighted by molar-refractivity contribution is 5.91. The lowest BCUT2D eigenvalue weighted by Gasteiger charge is -2.11. The van der Waals surface area contributed by atoms with Gasteiger partial charge in [-0.3, -0.25) is 4.79 Å². The molecule has 0 aliphatic heterocycles. The van der Waals surface area contributed by atoms with Gasteiger partial charge in [-0.1, -0.05) is 18.2 Å². The molecular formula is C22H18N2O4. The van der Waals surface area contributed by atoms with Crippen LogP contribution < -0.4 is 19.5 Å². The highest BCUT2D eigenvalue weighted by Gasteiger charge is 2.09. The van der Waals surface area contributed by atoms with Crippen molar-refractivity contribution in [3.05, 3.63) is 78.4 Å². The number of amides is 1. The van der Waals surface area contributed by atoms with Gasteiger partial charge in [-0.05, 0) is 48.5 Å². The molecule has 3 aromatic rings. The Kier molecular flexibility index (Phi) is 6.11. The Morgan fingerprint density at radius 1 is 0.964 bits per heavy atom. The molecule has 0 aliphatic carbocycles. The quantitative estimate of drug-likeness (QED) is 0.664. The maximum absolute atomic E-state index is 12.1. The molecule has 1 N–H and O–H groups in total. The van der Waals surface area contributed by atoms with Gasteiger partial charge in [-0.25, -0.2) is 0 Å². The van der Waals surface area contributed by atoms with Crippen molar-refractivity contribution >= 4 is 11.6 Å². The van der Waals surface area contributed by atoms with Crippen molar-refractivity contribution < 1.29 is 19.0 Å². The van der Waals surface area contributed by atoms with Crippen molar-refractivity contribution in [2.75, 3.05) is 19.0 Å². The smallest absolute Gasteiger partial charge is 0.262 e. The number of ether oxygens (including phenoxy) is 3. The summed E-state index contributed by atoms with van der Waals surface area (Å²) in [5.74, 6) is 1.88. The fourth-order valence-electron chi connectivity index (χ4n) is 2.43. The number of nitrogens with one attached hydrogen (secondary N) is 1. The van der Waals surface area contributed by atoms with Gasteiger partial charge in [0.2, 0.25) is 0 Å². The fraction of sp³-hybridized carbons (Fsp3) is 0.0909. The van der Waals surface area contributed by atoms with Crippen molar-refractivity contribution in [2.45, 2.75) is 0 Å². The highest BCUT2D eigenvalue weighted by Crippen LogP contribution is 2.28. The molecule has 0 saturated carbocycles. The van der Waals surface area contributed by atoms with Crippen LogP contribution in [0.25, 0.3) is 0 Å². The number of carbonyl (C=O) groups is 1. The van der Waals surface area contributed by atoms with Gasteiger partial charge in [0, 0.05) is 11.8 Å². The molecule has 1 amide bonds. The molecule has 140 valence electrons. The molecule has 0 atom stereocenters. The van der Waals surface area contributed by atoms with Gasteiger partial charge in [0.25, 0.3) is 5.91 Å². The summed E-state index contributed by atoms with van der Waals surface area (Å²) in [6.07, 6.45) is 0. The Hall–Kier alpha value is -3.98. The summed E-state index contributed by atoms with van der Waals surface area (Å²) in [5, 5.41) is 11.7. The topological polar surface area (TPSA) is 80.6 Å². The van der Waals surface area contributed by atoms with Gasteiger partial charge < -0.3 is 19.5 Å². The molecule has 0 spiro atoms. The number of methoxy groups -OCH3 is 1. The van der Waals surface area contributed by atoms with Crippen LogP contribution in [0.5, 0.6) is 23.0 Å². The molecule has 6 heteroatoms. The number of hydrogen-bond acceptors (Lipinski definition) is 5. The lowest BCUT2D eigenvalue weighted by molar-refractivity contribution is -0.118. The second kappa shape index (κ2) is 9.10. The van der Waals surface area contributed by atoms with E-state index in [2.05, 4.69) is 5.32 Å². The van der Waals surface area contributed by atoms with Crippen LogP contribution in [0.15, 0.2) is 72.8 Å². The van der Waals surface area contributed by atoms with E-state index in [1.165, 1.54) is 7.11 Å². The maximum Gasteiger partial charge on any atom is 0.262 e. The Bertz CT molecular complexity index is 980. The first-order valence-corrected chi connectivity index (χ1v) is 8.51. The van der Waals surface area contributed by atoms with E-state index >= 15 is 0 Å². The SMILES string of the molecule is COc1cc(C#N)ccc1OCC(=O)Nc1ccc(Oc2ccccc2)cc1. The summed E-state index contributed by atoms with van der Waals surface area (Å²) in [6.45, 7) is -0.190. The molecule has 0 unspecified atom stereocenters. The van der Waals surface area contributed by atoms with Gasteiger partial charge in [-0.15, -0.1) is 0 Å². The Labute approximate surface area is 162 Å². The summed E-state index contributed by atoms with van der Waals surface area (Å²) in [4.78, 5) is 12.1. The first kappa shape index (κ1) is 18.8. The first-order chi connectivity index (χ1) is 13.7. The van der Waals surface area contributed by atoms with Crippen LogP contribution >= 0.6 is 0 Å². The third-order valence-electron chi connectivity index (χ3n) is 3.77. The van der Waals surface area contributed by atoms with Crippen LogP contribution in [0, 0.1) is 11.3 Å². The number of benzene rings is 3. The molecule has 0 heterocycles. The minimum Gasteiger partial charge on any atom is -0.493 e. The van der Waals surface area contributed by atoms with Crippen LogP contribution in [-0.2, 0) is 4.79 Å². The zero-order valence-corrected chi connectivity index (χ0v) is 15.2. The zero-order chi connectivity index (χ0) is 19.8. The Balaban J connectivity index is 1.54. The van der Waals surface area contributed by atoms with Crippen LogP contribution in [0.2, 0.25) is 0 Å². The molecule has 0 radical (unpaired) electrons. The van der Waals surface area contributed by atoms with Crippen molar-refractivity contribution in [3.8, 4) is 29.1 Å². The van der Waals surface area contributed by atoms with Gasteiger partial charge in [-0.2, -0.15) is 5.26 Å². The summed E-state index contributed by atoms with van der Waals surface area (Å²) >= 11 is 0. The van der Waals surface area contributed by atoms with E-state index in [-0.39, 0.29) is 12.5 Å². The third-order valence-corrected chi connectivity index (χ3v) is 3.77. The zero-order valence-electron chi connectivity index (χ0n) is 15.2. The summed E-state index contributed by atoms with van der Waals surface area (Å²) < 4.78 is 16.4. The summed E-state index contributed by atoms with van der Waals surface area (Å²) in [6, 6.07) is 23.3. The summed E-state index contributed by atoms with van der Waals surface area (Å²) in [5.41, 5.74) is 1.08. The van der Waals surface area contributed by atoms with Gasteiger partial charge in [0.1, 0.15) is 11.5 Å². The van der Waals surface area contributed by atoms with Crippen LogP contribution in [0.4, 0.5) is 5.69 Å². The largest absolute Gasteiger partial charge is 0.493 e. The first-order valence-electron chi connectivity index (χ1n) is 8.51. The molecule has 0 bridgehead atoms. The number of para-hydroxylation sites is 1. The number of rotatable bonds is 7. The van der Waals surface area contributed by atoms with Gasteiger partial charge in [0.05, 0.1) is 18.7 Å². The molecule has 0 aliphatic rings. The van der Waals surface area contributed by atoms with Crippen LogP contribution in [0.1, 0.15) is 5.56 Å². The van der Waals surface area contributed by atoms with Gasteiger partial charge >= 0.3 is 0 Å². The lowest BCUT2D eigenvalue weighted by atomic mass is 10.2. The standard InChI is InChI=1S/C22H18N2O4/c1-26-21-13-16(14-23)7-12-20(21)27-15-22(25)24-17-8-10-19(11-9-17)28-18-5-3-2-4-6-18/h2-13H,15H2,1H3,(H,24,25). The number of anilines is 1. The van der Waals surface area contributed by atoms with Crippen molar-refractivity contribution in [3.63, 3.8) is 0 Å². The van der Waals surface area contributed by atoms with Crippen molar-refractivity contribution in [1.82, 2.24) is 0 Å². The second-order valence-electron chi connectivity index (χ2n) is 5.75. The molecular weight excluding hydrogens is 356 g/mol. The maximum atomic E-state index is 12.1. The van der Waals surface area contributed by atoms with E-state index in [4.69, 9.17) is 19.5 Å². The number of nitrogens with zero attached hydrogens (tertiary/aromatic N) is 1. The number of carbonyl (C=O) groups excluding carboxylic acids is 1. The van der Waals surface area contributed by atoms with E-state index in [1.54, 1.807) is 42.5 Å². The molecule has 28 heavy (non-hydrogen) atoms. The molecule has 0 aromatic heterocycles. The molecule has 3 aromatic carbocycles. The molecule has 6 nitrogen and oxygen atoms in total. The van der Waals surface area contributed by atoms with Crippen molar-refractivity contribution in [2.24, 2.45) is 0 Å². The van der Waals surface area contributed by atoms with Crippen molar-refractivity contribution in [1.29, 1.82) is 5.26 Å². The molecule has 3 rings (SSSR count). The van der Waals surface area contributed by atoms with Crippen LogP contribution in [-0.4, -0.2) is 19.6 Å². The highest BCUT2D eigenvalue weighted by atomic mass is 16.5. The lowest BCUT2D eigenvalue weighted by Crippen LogP contribution is -2.20. The normalized spacial score (nSPS) is 9.86. The van der Waals surface area contributed by atoms with E-state index in [0.29, 0.717) is 28.5 Å². The Morgan fingerprint density at radius 2 is 1.68 bits per heavy atom. The fourth-order valence-corrected chi connectivity index (χ4v) is 2.43. The summed E-state index contributed by atoms with van der Waals surface area (Å²) in [7, 11) is 1.47. The van der Waals surface area contributed by atoms with E-state index in [0.717, 1.165) is 5.75 Å². The average Bonchev–Trinajstić information content (AvgIpc) is 2.74. The average molecular weight is 374 g/mol. The van der Waals surface area contributed by atoms with E-state index in [1.807, 2.05) is 36.4 Å². The third kappa shape index (κ3) is 5.02. The predicted octanol–water partition coefficient (Wildman–Crippen LogP) is 4.38. The number of hydrogen-bond donors (Lipinski definition) is 1. The monoisotopic (exact) mass is 374 g/mol. The predicted molar refractivity (Wildman–Crippen MR) is 105 cm³/mol. The number of nitriles is 1. The van der Waals surface area contributed by atoms with E-state index < -0.39 is 0 Å². The minimum atomic E-state index is -0.317. The molecule has 0 fully saturated rings. The minimum absolute atomic E-state index is 0.190. The van der Waals surface area contributed by atoms with Gasteiger partial charge in [0.15, 0.2) is 18.1 Å². The van der Waals surface area contributed by atoms with Crippen LogP contribution in [0.3, 0.4) is 0 Å². The van der Waals surface area contributed by atoms with E-state index in [9.17, 15) is 4.79 Å². The molecule has 0 saturated heterocycles. The second-order valence-corrected chi connectivity index (χ2v) is 5.75. The Morgan fingerprint density at radius 3 is 2.36 bits per heavy atom.